The second kappa shape index (κ2) is 5.38. The van der Waals surface area contributed by atoms with Crippen LogP contribution < -0.4 is 4.74 Å². The first kappa shape index (κ1) is 13.5. The van der Waals surface area contributed by atoms with Gasteiger partial charge in [0.25, 0.3) is 0 Å². The van der Waals surface area contributed by atoms with Crippen molar-refractivity contribution in [3.8, 4) is 5.75 Å². The third-order valence-corrected chi connectivity index (χ3v) is 2.65. The lowest BCUT2D eigenvalue weighted by Gasteiger charge is -2.05. The first-order valence-corrected chi connectivity index (χ1v) is 5.86. The number of alkyl halides is 3. The molecule has 0 atom stereocenters. The molecule has 2 nitrogen and oxygen atoms in total. The molecule has 0 N–H and O–H groups in total. The zero-order chi connectivity index (χ0) is 13.9. The number of ether oxygens (including phenoxy) is 1. The Morgan fingerprint density at radius 1 is 1.05 bits per heavy atom. The van der Waals surface area contributed by atoms with E-state index in [1.165, 1.54) is 11.6 Å². The number of rotatable bonds is 4. The third kappa shape index (κ3) is 3.53. The summed E-state index contributed by atoms with van der Waals surface area (Å²) >= 11 is 0. The number of furan rings is 1. The van der Waals surface area contributed by atoms with Crippen LogP contribution in [-0.2, 0) is 19.2 Å². The van der Waals surface area contributed by atoms with Crippen molar-refractivity contribution in [3.63, 3.8) is 0 Å². The number of hydrogen-bond donors (Lipinski definition) is 0. The molecule has 0 amide bonds. The Morgan fingerprint density at radius 2 is 1.74 bits per heavy atom. The van der Waals surface area contributed by atoms with Crippen LogP contribution in [-0.4, -0.2) is 0 Å². The minimum absolute atomic E-state index is 0.0262. The van der Waals surface area contributed by atoms with Gasteiger partial charge in [0.15, 0.2) is 0 Å². The molecule has 0 bridgehead atoms. The summed E-state index contributed by atoms with van der Waals surface area (Å²) in [4.78, 5) is 0. The molecule has 5 heteroatoms. The van der Waals surface area contributed by atoms with Gasteiger partial charge in [-0.1, -0.05) is 19.1 Å². The summed E-state index contributed by atoms with van der Waals surface area (Å²) in [6.45, 7) is 2.01. The van der Waals surface area contributed by atoms with E-state index in [0.29, 0.717) is 5.75 Å². The molecular formula is C14H13F3O2. The fraction of sp³-hybridized carbons (Fsp3) is 0.286. The average molecular weight is 270 g/mol. The van der Waals surface area contributed by atoms with Gasteiger partial charge in [-0.2, -0.15) is 13.2 Å². The van der Waals surface area contributed by atoms with E-state index in [-0.39, 0.29) is 12.4 Å². The average Bonchev–Trinajstić information content (AvgIpc) is 2.86. The van der Waals surface area contributed by atoms with E-state index in [1.807, 2.05) is 19.1 Å². The van der Waals surface area contributed by atoms with Gasteiger partial charge in [0.05, 0.1) is 0 Å². The number of aryl methyl sites for hydroxylation is 1. The molecule has 0 aliphatic heterocycles. The quantitative estimate of drug-likeness (QED) is 0.819. The highest BCUT2D eigenvalue weighted by Crippen LogP contribution is 2.30. The second-order valence-corrected chi connectivity index (χ2v) is 4.05. The highest BCUT2D eigenvalue weighted by atomic mass is 19.4. The standard InChI is InChI=1S/C14H13F3O2/c1-2-10-3-5-11(6-4-10)18-9-12-7-8-13(19-12)14(15,16)17/h3-8H,2,9H2,1H3. The lowest BCUT2D eigenvalue weighted by molar-refractivity contribution is -0.153. The molecule has 0 unspecified atom stereocenters. The van der Waals surface area contributed by atoms with Crippen LogP contribution in [0.4, 0.5) is 13.2 Å². The fourth-order valence-corrected chi connectivity index (χ4v) is 1.58. The molecule has 102 valence electrons. The minimum Gasteiger partial charge on any atom is -0.486 e. The SMILES string of the molecule is CCc1ccc(OCc2ccc(C(F)(F)F)o2)cc1. The van der Waals surface area contributed by atoms with Crippen LogP contribution in [0.3, 0.4) is 0 Å². The number of hydrogen-bond acceptors (Lipinski definition) is 2. The maximum absolute atomic E-state index is 12.3. The Bertz CT molecular complexity index is 526. The highest BCUT2D eigenvalue weighted by molar-refractivity contribution is 5.27. The maximum atomic E-state index is 12.3. The van der Waals surface area contributed by atoms with Crippen LogP contribution in [0.25, 0.3) is 0 Å². The Labute approximate surface area is 108 Å². The normalized spacial score (nSPS) is 11.6. The number of halogens is 3. The monoisotopic (exact) mass is 270 g/mol. The van der Waals surface area contributed by atoms with Gasteiger partial charge >= 0.3 is 6.18 Å². The van der Waals surface area contributed by atoms with Crippen molar-refractivity contribution in [1.29, 1.82) is 0 Å². The molecule has 1 aromatic carbocycles. The zero-order valence-corrected chi connectivity index (χ0v) is 10.3. The van der Waals surface area contributed by atoms with E-state index in [2.05, 4.69) is 4.42 Å². The van der Waals surface area contributed by atoms with Gasteiger partial charge in [0.2, 0.25) is 5.76 Å². The van der Waals surface area contributed by atoms with Gasteiger partial charge < -0.3 is 9.15 Å². The van der Waals surface area contributed by atoms with E-state index in [4.69, 9.17) is 4.74 Å². The fourth-order valence-electron chi connectivity index (χ4n) is 1.58. The lowest BCUT2D eigenvalue weighted by Crippen LogP contribution is -2.02. The van der Waals surface area contributed by atoms with Crippen molar-refractivity contribution < 1.29 is 22.3 Å². The summed E-state index contributed by atoms with van der Waals surface area (Å²) in [5, 5.41) is 0. The van der Waals surface area contributed by atoms with Crippen molar-refractivity contribution in [2.24, 2.45) is 0 Å². The topological polar surface area (TPSA) is 22.4 Å². The van der Waals surface area contributed by atoms with E-state index in [9.17, 15) is 13.2 Å². The van der Waals surface area contributed by atoms with Crippen molar-refractivity contribution >= 4 is 0 Å². The van der Waals surface area contributed by atoms with Crippen LogP contribution in [0.15, 0.2) is 40.8 Å². The van der Waals surface area contributed by atoms with Gasteiger partial charge in [0.1, 0.15) is 18.1 Å². The number of benzene rings is 1. The lowest BCUT2D eigenvalue weighted by atomic mass is 10.2. The second-order valence-electron chi connectivity index (χ2n) is 4.05. The molecule has 0 radical (unpaired) electrons. The van der Waals surface area contributed by atoms with E-state index >= 15 is 0 Å². The Balaban J connectivity index is 1.96. The van der Waals surface area contributed by atoms with E-state index < -0.39 is 11.9 Å². The summed E-state index contributed by atoms with van der Waals surface area (Å²) in [6, 6.07) is 9.57. The van der Waals surface area contributed by atoms with Crippen LogP contribution in [0.5, 0.6) is 5.75 Å². The smallest absolute Gasteiger partial charge is 0.449 e. The van der Waals surface area contributed by atoms with Gasteiger partial charge in [-0.25, -0.2) is 0 Å². The molecule has 19 heavy (non-hydrogen) atoms. The largest absolute Gasteiger partial charge is 0.486 e. The van der Waals surface area contributed by atoms with Gasteiger partial charge in [-0.05, 0) is 36.2 Å². The first-order valence-electron chi connectivity index (χ1n) is 5.86. The summed E-state index contributed by atoms with van der Waals surface area (Å²) in [5.74, 6) is -0.263. The predicted octanol–water partition coefficient (Wildman–Crippen LogP) is 4.44. The summed E-state index contributed by atoms with van der Waals surface area (Å²) in [5.41, 5.74) is 1.17. The van der Waals surface area contributed by atoms with Crippen molar-refractivity contribution in [2.45, 2.75) is 26.1 Å². The van der Waals surface area contributed by atoms with Crippen molar-refractivity contribution in [1.82, 2.24) is 0 Å². The molecule has 2 rings (SSSR count). The van der Waals surface area contributed by atoms with Gasteiger partial charge in [0, 0.05) is 0 Å². The molecule has 0 saturated heterocycles. The van der Waals surface area contributed by atoms with Crippen LogP contribution in [0, 0.1) is 0 Å². The third-order valence-electron chi connectivity index (χ3n) is 2.65. The molecule has 0 aliphatic rings. The molecule has 1 heterocycles. The van der Waals surface area contributed by atoms with Gasteiger partial charge in [-0.3, -0.25) is 0 Å². The predicted molar refractivity (Wildman–Crippen MR) is 63.9 cm³/mol. The van der Waals surface area contributed by atoms with E-state index in [0.717, 1.165) is 12.5 Å². The van der Waals surface area contributed by atoms with Crippen LogP contribution >= 0.6 is 0 Å². The molecule has 0 spiro atoms. The van der Waals surface area contributed by atoms with Gasteiger partial charge in [-0.15, -0.1) is 0 Å². The molecule has 0 fully saturated rings. The minimum atomic E-state index is -4.46. The zero-order valence-electron chi connectivity index (χ0n) is 10.3. The first-order chi connectivity index (χ1) is 8.99. The summed E-state index contributed by atoms with van der Waals surface area (Å²) in [7, 11) is 0. The van der Waals surface area contributed by atoms with E-state index in [1.54, 1.807) is 12.1 Å². The summed E-state index contributed by atoms with van der Waals surface area (Å²) < 4.78 is 47.0. The Morgan fingerprint density at radius 3 is 2.26 bits per heavy atom. The molecule has 0 aliphatic carbocycles. The molecule has 2 aromatic rings. The van der Waals surface area contributed by atoms with Crippen LogP contribution in [0.2, 0.25) is 0 Å². The van der Waals surface area contributed by atoms with Crippen molar-refractivity contribution in [3.05, 3.63) is 53.5 Å². The summed E-state index contributed by atoms with van der Waals surface area (Å²) in [6.07, 6.45) is -3.53. The van der Waals surface area contributed by atoms with Crippen molar-refractivity contribution in [2.75, 3.05) is 0 Å². The van der Waals surface area contributed by atoms with Crippen LogP contribution in [0.1, 0.15) is 24.0 Å². The maximum Gasteiger partial charge on any atom is 0.449 e. The molecular weight excluding hydrogens is 257 g/mol. The molecule has 0 saturated carbocycles. The Hall–Kier alpha value is -1.91. The highest BCUT2D eigenvalue weighted by Gasteiger charge is 2.34. The Kier molecular flexibility index (Phi) is 3.83. The molecule has 1 aromatic heterocycles.